The first-order chi connectivity index (χ1) is 42.1. The molecule has 2 aromatic rings. The number of nitrogens with one attached hydrogen (secondary N) is 5. The Bertz CT molecular complexity index is 2800. The molecule has 25 heteroatoms. The van der Waals surface area contributed by atoms with E-state index in [0.717, 1.165) is 29.1 Å². The number of hydrogen-bond acceptors (Lipinski definition) is 13. The maximum absolute atomic E-state index is 15.3. The van der Waals surface area contributed by atoms with Crippen LogP contribution in [0.2, 0.25) is 0 Å². The van der Waals surface area contributed by atoms with E-state index in [1.165, 1.54) is 108 Å². The Morgan fingerprint density at radius 2 is 0.956 bits per heavy atom. The topological polar surface area (TPSA) is 308 Å². The standard InChI is InChI=1S/C65H102N12O13/c1-38(2)34-49(73(15)62(87)51(37-47-30-24-20-25-31-47)74(16)60(85)43(9)72(14)59(84)41(7)67-58(83)52(44(10)78)68-45(11)79)56(81)69-48(36-46-28-22-19-23-29-46)61(86)75(17)50(35-39(3)4)63(88)76(18)54(40(5)6)65(90)71(13)42(8)55(80)70-53(57(82)66-12)64(89)77-32-26-21-27-33-77/h19-20,22-25,28-31,38-44,48-54,78H,21,26-27,32-37H2,1-18H3,(H,66,82)(H,67,83)(H,68,79)(H,69,81)(H,70,80)/t41-,42-,43-,44?,48-,49-,50-,51-,52-,53?,54-/m0/s1. The third-order valence-corrected chi connectivity index (χ3v) is 16.7. The summed E-state index contributed by atoms with van der Waals surface area (Å²) in [5.41, 5.74) is 1.33. The summed E-state index contributed by atoms with van der Waals surface area (Å²) in [6, 6.07) is 5.11. The second kappa shape index (κ2) is 35.4. The molecule has 25 nitrogen and oxygen atoms in total. The van der Waals surface area contributed by atoms with Crippen LogP contribution < -0.4 is 26.6 Å². The van der Waals surface area contributed by atoms with Crippen molar-refractivity contribution in [3.63, 3.8) is 0 Å². The Morgan fingerprint density at radius 1 is 0.478 bits per heavy atom. The molecular formula is C65H102N12O13. The van der Waals surface area contributed by atoms with E-state index >= 15 is 19.2 Å². The van der Waals surface area contributed by atoms with Crippen LogP contribution in [0.4, 0.5) is 0 Å². The maximum Gasteiger partial charge on any atom is 0.254 e. The fourth-order valence-electron chi connectivity index (χ4n) is 11.0. The van der Waals surface area contributed by atoms with Gasteiger partial charge in [-0.25, -0.2) is 0 Å². The van der Waals surface area contributed by atoms with Gasteiger partial charge in [-0.05, 0) is 88.7 Å². The zero-order valence-corrected chi connectivity index (χ0v) is 56.2. The lowest BCUT2D eigenvalue weighted by Crippen LogP contribution is -2.62. The number of nitrogens with zero attached hydrogens (tertiary/aromatic N) is 7. The minimum absolute atomic E-state index is 0.0167. The normalized spacial score (nSPS) is 16.0. The van der Waals surface area contributed by atoms with Gasteiger partial charge in [-0.2, -0.15) is 0 Å². The highest BCUT2D eigenvalue weighted by molar-refractivity contribution is 6.07. The minimum atomic E-state index is -1.54. The summed E-state index contributed by atoms with van der Waals surface area (Å²) in [7, 11) is 9.87. The molecule has 1 saturated heterocycles. The lowest BCUT2D eigenvalue weighted by Gasteiger charge is -2.40. The van der Waals surface area contributed by atoms with Crippen LogP contribution >= 0.6 is 0 Å². The van der Waals surface area contributed by atoms with Gasteiger partial charge in [-0.3, -0.25) is 57.5 Å². The first kappa shape index (κ1) is 76.3. The van der Waals surface area contributed by atoms with Crippen molar-refractivity contribution in [1.82, 2.24) is 60.9 Å². The average Bonchev–Trinajstić information content (AvgIpc) is 0.889. The van der Waals surface area contributed by atoms with Crippen LogP contribution in [-0.4, -0.2) is 239 Å². The van der Waals surface area contributed by atoms with Crippen molar-refractivity contribution in [3.8, 4) is 0 Å². The van der Waals surface area contributed by atoms with E-state index < -0.39 is 143 Å². The first-order valence-corrected chi connectivity index (χ1v) is 31.1. The number of likely N-dealkylation sites (tertiary alicyclic amines) is 1. The summed E-state index contributed by atoms with van der Waals surface area (Å²) >= 11 is 0. The van der Waals surface area contributed by atoms with Gasteiger partial charge in [0, 0.05) is 82.2 Å². The van der Waals surface area contributed by atoms with Crippen molar-refractivity contribution in [2.24, 2.45) is 17.8 Å². The second-order valence-corrected chi connectivity index (χ2v) is 25.1. The van der Waals surface area contributed by atoms with Crippen molar-refractivity contribution in [2.45, 2.75) is 188 Å². The third kappa shape index (κ3) is 21.1. The van der Waals surface area contributed by atoms with Crippen LogP contribution in [0.3, 0.4) is 0 Å². The molecule has 500 valence electrons. The molecule has 3 rings (SSSR count). The van der Waals surface area contributed by atoms with Gasteiger partial charge < -0.3 is 66.0 Å². The number of amides is 12. The molecule has 0 aromatic heterocycles. The number of rotatable bonds is 31. The molecule has 0 aliphatic carbocycles. The van der Waals surface area contributed by atoms with E-state index in [4.69, 9.17) is 0 Å². The molecule has 1 fully saturated rings. The first-order valence-electron chi connectivity index (χ1n) is 31.1. The molecule has 1 aliphatic heterocycles. The summed E-state index contributed by atoms with van der Waals surface area (Å²) in [4.78, 5) is 178. The summed E-state index contributed by atoms with van der Waals surface area (Å²) in [5, 5.41) is 23.0. The van der Waals surface area contributed by atoms with Crippen LogP contribution in [0.15, 0.2) is 60.7 Å². The SMILES string of the molecule is CNC(=O)C(NC(=O)[C@H](C)N(C)C(=O)[C@H](C(C)C)N(C)C(=O)[C@H](CC(C)C)N(C)C(=O)[C@H](Cc1ccccc1)NC(=O)[C@H](CC(C)C)N(C)C(=O)[C@H](Cc1ccccc1)N(C)C(=O)[C@H](C)N(C)C(=O)[C@H](C)NC(=O)[C@@H](NC(C)=O)C(C)O)C(=O)N1CCCCC1. The molecule has 0 bridgehead atoms. The summed E-state index contributed by atoms with van der Waals surface area (Å²) < 4.78 is 0. The van der Waals surface area contributed by atoms with Gasteiger partial charge in [0.15, 0.2) is 6.04 Å². The quantitative estimate of drug-likeness (QED) is 0.0582. The maximum atomic E-state index is 15.3. The van der Waals surface area contributed by atoms with E-state index in [1.807, 2.05) is 27.7 Å². The summed E-state index contributed by atoms with van der Waals surface area (Å²) in [5.74, 6) is -8.93. The van der Waals surface area contributed by atoms with Crippen molar-refractivity contribution in [3.05, 3.63) is 71.8 Å². The molecule has 0 spiro atoms. The van der Waals surface area contributed by atoms with Crippen molar-refractivity contribution >= 4 is 70.9 Å². The van der Waals surface area contributed by atoms with Gasteiger partial charge >= 0.3 is 0 Å². The Hall–Kier alpha value is -7.96. The zero-order valence-electron chi connectivity index (χ0n) is 56.2. The average molecular weight is 1260 g/mol. The number of piperidine rings is 1. The number of carbonyl (C=O) groups is 12. The van der Waals surface area contributed by atoms with E-state index in [0.29, 0.717) is 24.2 Å². The molecule has 11 atom stereocenters. The lowest BCUT2D eigenvalue weighted by atomic mass is 9.95. The minimum Gasteiger partial charge on any atom is -0.391 e. The zero-order chi connectivity index (χ0) is 68.2. The van der Waals surface area contributed by atoms with Crippen LogP contribution in [0, 0.1) is 17.8 Å². The molecule has 1 aliphatic rings. The predicted molar refractivity (Wildman–Crippen MR) is 340 cm³/mol. The van der Waals surface area contributed by atoms with Gasteiger partial charge in [0.2, 0.25) is 59.1 Å². The fraction of sp³-hybridized carbons (Fsp3) is 0.631. The Labute approximate surface area is 532 Å². The molecule has 90 heavy (non-hydrogen) atoms. The van der Waals surface area contributed by atoms with Crippen molar-refractivity contribution in [1.29, 1.82) is 0 Å². The molecule has 12 amide bonds. The van der Waals surface area contributed by atoms with Crippen molar-refractivity contribution < 1.29 is 62.6 Å². The highest BCUT2D eigenvalue weighted by atomic mass is 16.3. The molecule has 0 saturated carbocycles. The number of aliphatic hydroxyl groups is 1. The van der Waals surface area contributed by atoms with Gasteiger partial charge in [0.05, 0.1) is 6.10 Å². The number of likely N-dealkylation sites (N-methyl/N-ethyl adjacent to an activating group) is 7. The Kier molecular flexibility index (Phi) is 30.0. The number of benzene rings is 2. The highest BCUT2D eigenvalue weighted by Crippen LogP contribution is 2.23. The molecule has 2 unspecified atom stereocenters. The largest absolute Gasteiger partial charge is 0.391 e. The Balaban J connectivity index is 2.01. The number of aliphatic hydroxyl groups excluding tert-OH is 1. The lowest BCUT2D eigenvalue weighted by molar-refractivity contribution is -0.154. The van der Waals surface area contributed by atoms with E-state index in [9.17, 15) is 43.5 Å². The molecule has 0 radical (unpaired) electrons. The van der Waals surface area contributed by atoms with Crippen LogP contribution in [0.1, 0.15) is 119 Å². The molecule has 1 heterocycles. The van der Waals surface area contributed by atoms with Gasteiger partial charge in [-0.15, -0.1) is 0 Å². The van der Waals surface area contributed by atoms with Crippen LogP contribution in [-0.2, 0) is 70.4 Å². The van der Waals surface area contributed by atoms with E-state index in [2.05, 4.69) is 26.6 Å². The summed E-state index contributed by atoms with van der Waals surface area (Å²) in [6.07, 6.45) is 1.32. The van der Waals surface area contributed by atoms with Gasteiger partial charge in [0.1, 0.15) is 54.4 Å². The van der Waals surface area contributed by atoms with E-state index in [-0.39, 0.29) is 37.5 Å². The molecule has 6 N–H and O–H groups in total. The van der Waals surface area contributed by atoms with Gasteiger partial charge in [0.25, 0.3) is 11.8 Å². The highest BCUT2D eigenvalue weighted by Gasteiger charge is 2.44. The third-order valence-electron chi connectivity index (χ3n) is 16.7. The van der Waals surface area contributed by atoms with Gasteiger partial charge in [-0.1, -0.05) is 102 Å². The number of hydrogen-bond donors (Lipinski definition) is 6. The number of carbonyl (C=O) groups excluding carboxylic acids is 12. The smallest absolute Gasteiger partial charge is 0.254 e. The second-order valence-electron chi connectivity index (χ2n) is 25.1. The van der Waals surface area contributed by atoms with Crippen LogP contribution in [0.5, 0.6) is 0 Å². The van der Waals surface area contributed by atoms with Crippen LogP contribution in [0.25, 0.3) is 0 Å². The monoisotopic (exact) mass is 1260 g/mol. The Morgan fingerprint density at radius 3 is 1.44 bits per heavy atom. The van der Waals surface area contributed by atoms with E-state index in [1.54, 1.807) is 74.5 Å². The van der Waals surface area contributed by atoms with Crippen molar-refractivity contribution in [2.75, 3.05) is 62.4 Å². The fourth-order valence-corrected chi connectivity index (χ4v) is 11.0. The summed E-state index contributed by atoms with van der Waals surface area (Å²) in [6.45, 7) is 18.6. The predicted octanol–water partition coefficient (Wildman–Crippen LogP) is 1.34. The molecule has 2 aromatic carbocycles. The molecular weight excluding hydrogens is 1160 g/mol.